The van der Waals surface area contributed by atoms with Gasteiger partial charge in [-0.15, -0.1) is 0 Å². The van der Waals surface area contributed by atoms with Crippen LogP contribution < -0.4 is 5.56 Å². The molecule has 0 saturated heterocycles. The fourth-order valence-corrected chi connectivity index (χ4v) is 3.64. The van der Waals surface area contributed by atoms with Gasteiger partial charge in [0.25, 0.3) is 5.56 Å². The van der Waals surface area contributed by atoms with Crippen LogP contribution in [-0.2, 0) is 19.5 Å². The minimum Gasteiger partial charge on any atom is -0.356 e. The van der Waals surface area contributed by atoms with E-state index in [1.54, 1.807) is 12.4 Å². The first-order valence-electron chi connectivity index (χ1n) is 9.78. The molecule has 150 valence electrons. The number of aromatic amines is 1. The minimum absolute atomic E-state index is 0.121. The average Bonchev–Trinajstić information content (AvgIpc) is 3.23. The summed E-state index contributed by atoms with van der Waals surface area (Å²) in [6, 6.07) is 10.1. The molecule has 1 N–H and O–H groups in total. The van der Waals surface area contributed by atoms with Gasteiger partial charge in [-0.05, 0) is 6.92 Å². The number of rotatable bonds is 4. The molecule has 0 amide bonds. The average molecular weight is 400 g/mol. The maximum absolute atomic E-state index is 12.7. The summed E-state index contributed by atoms with van der Waals surface area (Å²) in [5.74, 6) is 1.25. The molecule has 30 heavy (non-hydrogen) atoms. The van der Waals surface area contributed by atoms with Crippen LogP contribution in [0, 0.1) is 6.92 Å². The normalized spacial score (nSPS) is 13.9. The van der Waals surface area contributed by atoms with E-state index in [1.807, 2.05) is 30.3 Å². The molecule has 8 nitrogen and oxygen atoms in total. The summed E-state index contributed by atoms with van der Waals surface area (Å²) in [6.07, 6.45) is 5.43. The predicted molar refractivity (Wildman–Crippen MR) is 110 cm³/mol. The number of hydrogen-bond donors (Lipinski definition) is 1. The van der Waals surface area contributed by atoms with Gasteiger partial charge in [-0.2, -0.15) is 0 Å². The van der Waals surface area contributed by atoms with Crippen LogP contribution in [0.15, 0.2) is 58.4 Å². The summed E-state index contributed by atoms with van der Waals surface area (Å²) in [6.45, 7) is 3.98. The zero-order valence-corrected chi connectivity index (χ0v) is 16.5. The first-order chi connectivity index (χ1) is 14.7. The van der Waals surface area contributed by atoms with E-state index in [-0.39, 0.29) is 5.56 Å². The van der Waals surface area contributed by atoms with E-state index in [1.165, 1.54) is 11.9 Å². The number of hydrogen-bond acceptors (Lipinski definition) is 7. The smallest absolute Gasteiger partial charge is 0.255 e. The third-order valence-electron chi connectivity index (χ3n) is 5.26. The van der Waals surface area contributed by atoms with Gasteiger partial charge in [0.2, 0.25) is 0 Å². The van der Waals surface area contributed by atoms with Gasteiger partial charge in [0.15, 0.2) is 5.76 Å². The van der Waals surface area contributed by atoms with Crippen molar-refractivity contribution in [2.45, 2.75) is 26.4 Å². The van der Waals surface area contributed by atoms with E-state index in [9.17, 15) is 4.79 Å². The minimum atomic E-state index is -0.121. The number of H-pyrrole nitrogens is 1. The number of nitrogens with one attached hydrogen (secondary N) is 1. The highest BCUT2D eigenvalue weighted by molar-refractivity contribution is 5.57. The molecule has 1 aliphatic rings. The molecular weight excluding hydrogens is 380 g/mol. The maximum Gasteiger partial charge on any atom is 0.255 e. The van der Waals surface area contributed by atoms with E-state index < -0.39 is 0 Å². The first-order valence-corrected chi connectivity index (χ1v) is 9.78. The van der Waals surface area contributed by atoms with Gasteiger partial charge in [-0.3, -0.25) is 9.69 Å². The first kappa shape index (κ1) is 18.4. The zero-order chi connectivity index (χ0) is 20.5. The van der Waals surface area contributed by atoms with Crippen LogP contribution in [-0.4, -0.2) is 36.5 Å². The summed E-state index contributed by atoms with van der Waals surface area (Å²) in [7, 11) is 0. The van der Waals surface area contributed by atoms with E-state index in [0.717, 1.165) is 29.3 Å². The number of nitrogens with zero attached hydrogens (tertiary/aromatic N) is 5. The van der Waals surface area contributed by atoms with Crippen molar-refractivity contribution >= 4 is 0 Å². The Balaban J connectivity index is 1.33. The van der Waals surface area contributed by atoms with Gasteiger partial charge >= 0.3 is 0 Å². The fourth-order valence-electron chi connectivity index (χ4n) is 3.64. The molecule has 3 aromatic heterocycles. The van der Waals surface area contributed by atoms with Crippen molar-refractivity contribution in [3.8, 4) is 22.7 Å². The van der Waals surface area contributed by atoms with Crippen molar-refractivity contribution in [2.24, 2.45) is 0 Å². The van der Waals surface area contributed by atoms with Crippen molar-refractivity contribution in [3.05, 3.63) is 81.9 Å². The lowest BCUT2D eigenvalue weighted by atomic mass is 10.1. The molecule has 0 spiro atoms. The number of aryl methyl sites for hydroxylation is 1. The number of benzene rings is 1. The SMILES string of the molecule is Cc1ccc(-c2cc(CN3CCc4nc(-c5cncnc5)[nH]c(=O)c4C3)no2)cc1. The maximum atomic E-state index is 12.7. The highest BCUT2D eigenvalue weighted by Crippen LogP contribution is 2.23. The highest BCUT2D eigenvalue weighted by Gasteiger charge is 2.22. The van der Waals surface area contributed by atoms with Crippen LogP contribution in [0.4, 0.5) is 0 Å². The molecular formula is C22H20N6O2. The van der Waals surface area contributed by atoms with Crippen molar-refractivity contribution in [1.82, 2.24) is 30.0 Å². The van der Waals surface area contributed by atoms with Crippen molar-refractivity contribution in [1.29, 1.82) is 0 Å². The Kier molecular flexibility index (Phi) is 4.68. The Morgan fingerprint density at radius 1 is 1.13 bits per heavy atom. The van der Waals surface area contributed by atoms with Crippen LogP contribution in [0.2, 0.25) is 0 Å². The van der Waals surface area contributed by atoms with Crippen LogP contribution in [0.25, 0.3) is 22.7 Å². The van der Waals surface area contributed by atoms with E-state index in [2.05, 4.69) is 36.9 Å². The van der Waals surface area contributed by atoms with Gasteiger partial charge < -0.3 is 9.51 Å². The second-order valence-corrected chi connectivity index (χ2v) is 7.48. The van der Waals surface area contributed by atoms with Gasteiger partial charge in [-0.1, -0.05) is 35.0 Å². The molecule has 0 fully saturated rings. The van der Waals surface area contributed by atoms with Crippen molar-refractivity contribution in [2.75, 3.05) is 6.54 Å². The molecule has 4 aromatic rings. The summed E-state index contributed by atoms with van der Waals surface area (Å²) in [5, 5.41) is 4.21. The van der Waals surface area contributed by atoms with Crippen LogP contribution in [0.3, 0.4) is 0 Å². The summed E-state index contributed by atoms with van der Waals surface area (Å²) < 4.78 is 5.52. The second-order valence-electron chi connectivity index (χ2n) is 7.48. The predicted octanol–water partition coefficient (Wildman–Crippen LogP) is 2.75. The summed E-state index contributed by atoms with van der Waals surface area (Å²) >= 11 is 0. The fraction of sp³-hybridized carbons (Fsp3) is 0.227. The Labute approximate surface area is 172 Å². The van der Waals surface area contributed by atoms with Crippen LogP contribution in [0.5, 0.6) is 0 Å². The molecule has 0 radical (unpaired) electrons. The molecule has 0 atom stereocenters. The Morgan fingerprint density at radius 3 is 2.73 bits per heavy atom. The third kappa shape index (κ3) is 3.65. The molecule has 0 saturated carbocycles. The van der Waals surface area contributed by atoms with E-state index >= 15 is 0 Å². The Bertz CT molecular complexity index is 1230. The highest BCUT2D eigenvalue weighted by atomic mass is 16.5. The Morgan fingerprint density at radius 2 is 1.93 bits per heavy atom. The molecule has 5 rings (SSSR count). The van der Waals surface area contributed by atoms with Crippen molar-refractivity contribution in [3.63, 3.8) is 0 Å². The lowest BCUT2D eigenvalue weighted by Gasteiger charge is -2.26. The van der Waals surface area contributed by atoms with Gasteiger partial charge in [-0.25, -0.2) is 15.0 Å². The van der Waals surface area contributed by atoms with Crippen LogP contribution >= 0.6 is 0 Å². The van der Waals surface area contributed by atoms with Gasteiger partial charge in [0.1, 0.15) is 12.2 Å². The molecule has 0 unspecified atom stereocenters. The second kappa shape index (κ2) is 7.64. The quantitative estimate of drug-likeness (QED) is 0.562. The Hall–Kier alpha value is -3.65. The molecule has 8 heteroatoms. The lowest BCUT2D eigenvalue weighted by molar-refractivity contribution is 0.234. The summed E-state index contributed by atoms with van der Waals surface area (Å²) in [4.78, 5) is 30.3. The molecule has 1 aliphatic heterocycles. The van der Waals surface area contributed by atoms with Crippen molar-refractivity contribution < 1.29 is 4.52 Å². The number of fused-ring (bicyclic) bond motifs is 1. The largest absolute Gasteiger partial charge is 0.356 e. The van der Waals surface area contributed by atoms with E-state index in [0.29, 0.717) is 36.5 Å². The van der Waals surface area contributed by atoms with Gasteiger partial charge in [0.05, 0.1) is 22.5 Å². The summed E-state index contributed by atoms with van der Waals surface area (Å²) in [5.41, 5.74) is 5.15. The lowest BCUT2D eigenvalue weighted by Crippen LogP contribution is -2.35. The van der Waals surface area contributed by atoms with Gasteiger partial charge in [0, 0.05) is 50.1 Å². The standard InChI is InChI=1S/C22H20N6O2/c1-14-2-4-15(5-3-14)20-8-17(27-30-20)11-28-7-6-19-18(12-28)22(29)26-21(25-19)16-9-23-13-24-10-16/h2-5,8-10,13H,6-7,11-12H2,1H3,(H,25,26,29). The third-order valence-corrected chi connectivity index (χ3v) is 5.26. The monoisotopic (exact) mass is 400 g/mol. The molecule has 4 heterocycles. The van der Waals surface area contributed by atoms with Crippen LogP contribution in [0.1, 0.15) is 22.5 Å². The molecule has 0 bridgehead atoms. The topological polar surface area (TPSA) is 101 Å². The number of aromatic nitrogens is 5. The molecule has 0 aliphatic carbocycles. The molecule has 1 aromatic carbocycles. The van der Waals surface area contributed by atoms with E-state index in [4.69, 9.17) is 4.52 Å². The zero-order valence-electron chi connectivity index (χ0n) is 16.5.